The Bertz CT molecular complexity index is 790. The summed E-state index contributed by atoms with van der Waals surface area (Å²) < 4.78 is 19.1. The molecule has 1 aromatic heterocycles. The summed E-state index contributed by atoms with van der Waals surface area (Å²) >= 11 is 0. The topological polar surface area (TPSA) is 48.6 Å². The molecule has 2 aliphatic heterocycles. The largest absolute Gasteiger partial charge is 0.379 e. The molecule has 2 fully saturated rings. The minimum absolute atomic E-state index is 0.0178. The highest BCUT2D eigenvalue weighted by Crippen LogP contribution is 2.27. The molecule has 26 heavy (non-hydrogen) atoms. The average molecular weight is 359 g/mol. The van der Waals surface area contributed by atoms with Crippen molar-refractivity contribution < 1.29 is 13.9 Å². The predicted octanol–water partition coefficient (Wildman–Crippen LogP) is 2.80. The van der Waals surface area contributed by atoms with Gasteiger partial charge in [0.15, 0.2) is 0 Å². The molecule has 0 radical (unpaired) electrons. The van der Waals surface area contributed by atoms with Crippen molar-refractivity contribution in [1.29, 1.82) is 0 Å². The van der Waals surface area contributed by atoms with Gasteiger partial charge in [-0.2, -0.15) is 0 Å². The molecule has 2 aliphatic rings. The number of hydrogen-bond acceptors (Lipinski definition) is 3. The number of likely N-dealkylation sites (tertiary alicyclic amines) is 1. The van der Waals surface area contributed by atoms with Gasteiger partial charge in [0.1, 0.15) is 5.82 Å². The van der Waals surface area contributed by atoms with Gasteiger partial charge in [0, 0.05) is 49.3 Å². The number of aromatic amines is 1. The normalized spacial score (nSPS) is 20.0. The van der Waals surface area contributed by atoms with E-state index in [1.165, 1.54) is 12.1 Å². The highest BCUT2D eigenvalue weighted by atomic mass is 19.1. The molecule has 140 valence electrons. The molecule has 0 unspecified atom stereocenters. The maximum Gasteiger partial charge on any atom is 0.256 e. The molecule has 1 aromatic carbocycles. The Morgan fingerprint density at radius 2 is 1.96 bits per heavy atom. The predicted molar refractivity (Wildman–Crippen MR) is 98.9 cm³/mol. The van der Waals surface area contributed by atoms with Crippen molar-refractivity contribution in [1.82, 2.24) is 14.8 Å². The standard InChI is InChI=1S/C20H26FN3O2/c1-14-19(17-12-16(21)2-3-18(17)22-14)20(25)24-6-4-15(5-7-24)13-23-8-10-26-11-9-23/h2-3,12,15,22H,4-11,13H2,1H3. The summed E-state index contributed by atoms with van der Waals surface area (Å²) in [5, 5.41) is 0.683. The molecule has 5 nitrogen and oxygen atoms in total. The Morgan fingerprint density at radius 3 is 2.69 bits per heavy atom. The molecule has 0 saturated carbocycles. The lowest BCUT2D eigenvalue weighted by Crippen LogP contribution is -2.44. The van der Waals surface area contributed by atoms with Crippen molar-refractivity contribution >= 4 is 16.8 Å². The number of amides is 1. The molecule has 0 bridgehead atoms. The first-order chi connectivity index (χ1) is 12.6. The Labute approximate surface area is 153 Å². The van der Waals surface area contributed by atoms with Gasteiger partial charge in [0.05, 0.1) is 18.8 Å². The van der Waals surface area contributed by atoms with Crippen LogP contribution in [0.5, 0.6) is 0 Å². The van der Waals surface area contributed by atoms with Crippen LogP contribution in [-0.4, -0.2) is 66.6 Å². The average Bonchev–Trinajstić information content (AvgIpc) is 2.97. The van der Waals surface area contributed by atoms with Gasteiger partial charge < -0.3 is 14.6 Å². The van der Waals surface area contributed by atoms with Crippen molar-refractivity contribution in [2.75, 3.05) is 45.9 Å². The first-order valence-corrected chi connectivity index (χ1v) is 9.49. The van der Waals surface area contributed by atoms with Crippen LogP contribution in [0.15, 0.2) is 18.2 Å². The van der Waals surface area contributed by atoms with Crippen LogP contribution in [0.4, 0.5) is 4.39 Å². The molecule has 3 heterocycles. The number of morpholine rings is 1. The summed E-state index contributed by atoms with van der Waals surface area (Å²) in [4.78, 5) is 20.7. The quantitative estimate of drug-likeness (QED) is 0.917. The summed E-state index contributed by atoms with van der Waals surface area (Å²) in [5.41, 5.74) is 2.24. The van der Waals surface area contributed by atoms with E-state index in [1.807, 2.05) is 11.8 Å². The number of H-pyrrole nitrogens is 1. The molecular formula is C20H26FN3O2. The van der Waals surface area contributed by atoms with E-state index in [2.05, 4.69) is 9.88 Å². The fourth-order valence-corrected chi connectivity index (χ4v) is 4.20. The van der Waals surface area contributed by atoms with Crippen LogP contribution in [0, 0.1) is 18.7 Å². The summed E-state index contributed by atoms with van der Waals surface area (Å²) in [6.07, 6.45) is 2.05. The second-order valence-corrected chi connectivity index (χ2v) is 7.46. The Hall–Kier alpha value is -1.92. The monoisotopic (exact) mass is 359 g/mol. The summed E-state index contributed by atoms with van der Waals surface area (Å²) in [7, 11) is 0. The molecule has 4 rings (SSSR count). The number of benzene rings is 1. The van der Waals surface area contributed by atoms with Crippen molar-refractivity contribution in [2.45, 2.75) is 19.8 Å². The van der Waals surface area contributed by atoms with Gasteiger partial charge in [-0.1, -0.05) is 0 Å². The number of rotatable bonds is 3. The van der Waals surface area contributed by atoms with E-state index in [4.69, 9.17) is 4.74 Å². The summed E-state index contributed by atoms with van der Waals surface area (Å²) in [6, 6.07) is 4.57. The Morgan fingerprint density at radius 1 is 1.23 bits per heavy atom. The molecule has 2 saturated heterocycles. The van der Waals surface area contributed by atoms with Gasteiger partial charge in [-0.3, -0.25) is 9.69 Å². The lowest BCUT2D eigenvalue weighted by atomic mass is 9.95. The van der Waals surface area contributed by atoms with Gasteiger partial charge in [0.25, 0.3) is 5.91 Å². The first-order valence-electron chi connectivity index (χ1n) is 9.49. The van der Waals surface area contributed by atoms with E-state index in [-0.39, 0.29) is 11.7 Å². The number of fused-ring (bicyclic) bond motifs is 1. The minimum Gasteiger partial charge on any atom is -0.379 e. The van der Waals surface area contributed by atoms with Crippen LogP contribution in [-0.2, 0) is 4.74 Å². The molecule has 6 heteroatoms. The number of ether oxygens (including phenoxy) is 1. The number of carbonyl (C=O) groups excluding carboxylic acids is 1. The number of aryl methyl sites for hydroxylation is 1. The number of nitrogens with zero attached hydrogens (tertiary/aromatic N) is 2. The minimum atomic E-state index is -0.310. The zero-order valence-corrected chi connectivity index (χ0v) is 15.3. The molecule has 2 aromatic rings. The maximum atomic E-state index is 13.7. The number of hydrogen-bond donors (Lipinski definition) is 1. The fraction of sp³-hybridized carbons (Fsp3) is 0.550. The lowest BCUT2D eigenvalue weighted by molar-refractivity contribution is 0.0243. The van der Waals surface area contributed by atoms with Gasteiger partial charge >= 0.3 is 0 Å². The molecule has 1 N–H and O–H groups in total. The SMILES string of the molecule is Cc1[nH]c2ccc(F)cc2c1C(=O)N1CCC(CN2CCOCC2)CC1. The van der Waals surface area contributed by atoms with E-state index in [0.29, 0.717) is 16.9 Å². The number of carbonyl (C=O) groups is 1. The highest BCUT2D eigenvalue weighted by Gasteiger charge is 2.28. The molecular weight excluding hydrogens is 333 g/mol. The second-order valence-electron chi connectivity index (χ2n) is 7.46. The van der Waals surface area contributed by atoms with Gasteiger partial charge in [-0.25, -0.2) is 4.39 Å². The molecule has 1 amide bonds. The lowest BCUT2D eigenvalue weighted by Gasteiger charge is -2.36. The van der Waals surface area contributed by atoms with Gasteiger partial charge in [-0.15, -0.1) is 0 Å². The van der Waals surface area contributed by atoms with Crippen LogP contribution in [0.2, 0.25) is 0 Å². The number of piperidine rings is 1. The maximum absolute atomic E-state index is 13.7. The van der Waals surface area contributed by atoms with Crippen LogP contribution >= 0.6 is 0 Å². The molecule has 0 aliphatic carbocycles. The third kappa shape index (κ3) is 3.48. The zero-order valence-electron chi connectivity index (χ0n) is 15.3. The summed E-state index contributed by atoms with van der Waals surface area (Å²) in [6.45, 7) is 8.21. The highest BCUT2D eigenvalue weighted by molar-refractivity contribution is 6.08. The zero-order chi connectivity index (χ0) is 18.1. The van der Waals surface area contributed by atoms with Crippen LogP contribution in [0.25, 0.3) is 10.9 Å². The number of halogens is 1. The molecule has 0 spiro atoms. The van der Waals surface area contributed by atoms with Gasteiger partial charge in [-0.05, 0) is 43.9 Å². The number of aromatic nitrogens is 1. The van der Waals surface area contributed by atoms with E-state index >= 15 is 0 Å². The van der Waals surface area contributed by atoms with Gasteiger partial charge in [0.2, 0.25) is 0 Å². The second kappa shape index (κ2) is 7.37. The fourth-order valence-electron chi connectivity index (χ4n) is 4.20. The van der Waals surface area contributed by atoms with Crippen molar-refractivity contribution in [3.8, 4) is 0 Å². The van der Waals surface area contributed by atoms with Crippen LogP contribution < -0.4 is 0 Å². The van der Waals surface area contributed by atoms with E-state index in [1.54, 1.807) is 6.07 Å². The third-order valence-electron chi connectivity index (χ3n) is 5.68. The third-order valence-corrected chi connectivity index (χ3v) is 5.68. The van der Waals surface area contributed by atoms with Crippen LogP contribution in [0.3, 0.4) is 0 Å². The van der Waals surface area contributed by atoms with Crippen LogP contribution in [0.1, 0.15) is 28.9 Å². The smallest absolute Gasteiger partial charge is 0.256 e. The number of nitrogens with one attached hydrogen (secondary N) is 1. The Balaban J connectivity index is 1.42. The van der Waals surface area contributed by atoms with E-state index in [0.717, 1.165) is 70.0 Å². The van der Waals surface area contributed by atoms with Crippen molar-refractivity contribution in [3.05, 3.63) is 35.3 Å². The first kappa shape index (κ1) is 17.5. The van der Waals surface area contributed by atoms with E-state index in [9.17, 15) is 9.18 Å². The summed E-state index contributed by atoms with van der Waals surface area (Å²) in [5.74, 6) is 0.345. The van der Waals surface area contributed by atoms with Crippen molar-refractivity contribution in [2.24, 2.45) is 5.92 Å². The van der Waals surface area contributed by atoms with Crippen molar-refractivity contribution in [3.63, 3.8) is 0 Å². The molecule has 0 atom stereocenters. The Kier molecular flexibility index (Phi) is 4.96. The van der Waals surface area contributed by atoms with E-state index < -0.39 is 0 Å².